The van der Waals surface area contributed by atoms with Crippen LogP contribution in [0.15, 0.2) is 42.5 Å². The topological polar surface area (TPSA) is 61.8 Å². The van der Waals surface area contributed by atoms with Crippen LogP contribution in [-0.2, 0) is 0 Å². The summed E-state index contributed by atoms with van der Waals surface area (Å²) in [6.45, 7) is -1.40. The summed E-state index contributed by atoms with van der Waals surface area (Å²) in [6.07, 6.45) is -5.60. The standard InChI is InChI=1S/C17H15F3N2O3/c1-25-14-8-10(6-7-13(14)23)15-21-12-5-3-2-4-11(12)16(24)22(15)9-17(18,19)20/h2-8,15,21,23H,9H2,1H3. The van der Waals surface area contributed by atoms with Crippen LogP contribution in [0.1, 0.15) is 22.1 Å². The molecule has 2 N–H and O–H groups in total. The second-order valence-electron chi connectivity index (χ2n) is 5.57. The molecule has 2 aromatic rings. The van der Waals surface area contributed by atoms with Crippen LogP contribution in [-0.4, -0.2) is 35.7 Å². The predicted octanol–water partition coefficient (Wildman–Crippen LogP) is 3.53. The molecule has 1 unspecified atom stereocenters. The molecule has 0 radical (unpaired) electrons. The van der Waals surface area contributed by atoms with Crippen LogP contribution >= 0.6 is 0 Å². The Morgan fingerprint density at radius 3 is 2.64 bits per heavy atom. The number of carbonyl (C=O) groups is 1. The fraction of sp³-hybridized carbons (Fsp3) is 0.235. The number of phenols is 1. The average Bonchev–Trinajstić information content (AvgIpc) is 2.57. The molecule has 0 saturated heterocycles. The number of alkyl halides is 3. The summed E-state index contributed by atoms with van der Waals surface area (Å²) >= 11 is 0. The largest absolute Gasteiger partial charge is 0.504 e. The normalized spacial score (nSPS) is 17.0. The zero-order valence-corrected chi connectivity index (χ0v) is 13.2. The van der Waals surface area contributed by atoms with Crippen LogP contribution in [0.4, 0.5) is 18.9 Å². The molecule has 1 heterocycles. The van der Waals surface area contributed by atoms with Gasteiger partial charge < -0.3 is 20.1 Å². The Morgan fingerprint density at radius 2 is 1.96 bits per heavy atom. The van der Waals surface area contributed by atoms with E-state index in [9.17, 15) is 23.1 Å². The molecule has 1 aliphatic heterocycles. The number of nitrogens with one attached hydrogen (secondary N) is 1. The fourth-order valence-corrected chi connectivity index (χ4v) is 2.78. The minimum atomic E-state index is -4.55. The number of halogens is 3. The first-order chi connectivity index (χ1) is 11.8. The van der Waals surface area contributed by atoms with E-state index in [-0.39, 0.29) is 17.1 Å². The second kappa shape index (κ2) is 6.19. The van der Waals surface area contributed by atoms with Crippen molar-refractivity contribution in [3.05, 3.63) is 53.6 Å². The molecule has 1 amide bonds. The molecule has 0 aromatic heterocycles. The molecule has 8 heteroatoms. The Bertz CT molecular complexity index is 808. The number of ether oxygens (including phenoxy) is 1. The first-order valence-corrected chi connectivity index (χ1v) is 7.40. The Hall–Kier alpha value is -2.90. The van der Waals surface area contributed by atoms with Crippen molar-refractivity contribution in [3.8, 4) is 11.5 Å². The SMILES string of the molecule is COc1cc(C2Nc3ccccc3C(=O)N2CC(F)(F)F)ccc1O. The van der Waals surface area contributed by atoms with Crippen LogP contribution in [0.5, 0.6) is 11.5 Å². The van der Waals surface area contributed by atoms with Gasteiger partial charge in [-0.05, 0) is 29.8 Å². The summed E-state index contributed by atoms with van der Waals surface area (Å²) < 4.78 is 44.0. The molecule has 3 rings (SSSR count). The van der Waals surface area contributed by atoms with E-state index < -0.39 is 24.8 Å². The maximum atomic E-state index is 13.0. The summed E-state index contributed by atoms with van der Waals surface area (Å²) in [5.74, 6) is -0.752. The molecule has 1 atom stereocenters. The van der Waals surface area contributed by atoms with Crippen LogP contribution in [0, 0.1) is 0 Å². The summed E-state index contributed by atoms with van der Waals surface area (Å²) in [6, 6.07) is 10.5. The quantitative estimate of drug-likeness (QED) is 0.887. The second-order valence-corrected chi connectivity index (χ2v) is 5.57. The number of amides is 1. The molecule has 0 fully saturated rings. The molecule has 132 valence electrons. The third-order valence-electron chi connectivity index (χ3n) is 3.89. The van der Waals surface area contributed by atoms with Gasteiger partial charge >= 0.3 is 6.18 Å². The first kappa shape index (κ1) is 16.9. The smallest absolute Gasteiger partial charge is 0.406 e. The van der Waals surface area contributed by atoms with Gasteiger partial charge in [-0.15, -0.1) is 0 Å². The molecule has 25 heavy (non-hydrogen) atoms. The van der Waals surface area contributed by atoms with Crippen molar-refractivity contribution in [1.29, 1.82) is 0 Å². The number of rotatable bonds is 3. The van der Waals surface area contributed by atoms with Crippen molar-refractivity contribution in [2.75, 3.05) is 19.0 Å². The van der Waals surface area contributed by atoms with E-state index in [0.29, 0.717) is 16.2 Å². The lowest BCUT2D eigenvalue weighted by Crippen LogP contribution is -2.47. The number of anilines is 1. The minimum Gasteiger partial charge on any atom is -0.504 e. The summed E-state index contributed by atoms with van der Waals surface area (Å²) in [5.41, 5.74) is 0.985. The number of para-hydroxylation sites is 1. The Kier molecular flexibility index (Phi) is 4.20. The van der Waals surface area contributed by atoms with E-state index in [1.54, 1.807) is 18.2 Å². The lowest BCUT2D eigenvalue weighted by molar-refractivity contribution is -0.144. The number of hydrogen-bond acceptors (Lipinski definition) is 4. The molecule has 0 saturated carbocycles. The lowest BCUT2D eigenvalue weighted by atomic mass is 10.0. The molecule has 0 bridgehead atoms. The van der Waals surface area contributed by atoms with Gasteiger partial charge in [0, 0.05) is 5.69 Å². The maximum absolute atomic E-state index is 13.0. The van der Waals surface area contributed by atoms with Gasteiger partial charge in [-0.25, -0.2) is 0 Å². The van der Waals surface area contributed by atoms with Crippen molar-refractivity contribution in [1.82, 2.24) is 4.90 Å². The molecule has 1 aliphatic rings. The third kappa shape index (κ3) is 3.33. The van der Waals surface area contributed by atoms with Gasteiger partial charge in [-0.2, -0.15) is 13.2 Å². The van der Waals surface area contributed by atoms with E-state index in [1.165, 1.54) is 31.4 Å². The van der Waals surface area contributed by atoms with Crippen molar-refractivity contribution >= 4 is 11.6 Å². The van der Waals surface area contributed by atoms with Gasteiger partial charge in [0.1, 0.15) is 12.7 Å². The van der Waals surface area contributed by atoms with Crippen molar-refractivity contribution < 1.29 is 27.8 Å². The minimum absolute atomic E-state index is 0.109. The molecular weight excluding hydrogens is 337 g/mol. The van der Waals surface area contributed by atoms with Crippen LogP contribution < -0.4 is 10.1 Å². The number of hydrogen-bond donors (Lipinski definition) is 2. The number of methoxy groups -OCH3 is 1. The van der Waals surface area contributed by atoms with Crippen LogP contribution in [0.3, 0.4) is 0 Å². The van der Waals surface area contributed by atoms with Gasteiger partial charge in [0.05, 0.1) is 12.7 Å². The zero-order chi connectivity index (χ0) is 18.2. The Balaban J connectivity index is 2.07. The van der Waals surface area contributed by atoms with Crippen LogP contribution in [0.2, 0.25) is 0 Å². The van der Waals surface area contributed by atoms with E-state index >= 15 is 0 Å². The first-order valence-electron chi connectivity index (χ1n) is 7.40. The molecule has 0 aliphatic carbocycles. The number of benzene rings is 2. The van der Waals surface area contributed by atoms with E-state index in [4.69, 9.17) is 4.74 Å². The van der Waals surface area contributed by atoms with Gasteiger partial charge in [0.15, 0.2) is 11.5 Å². The highest BCUT2D eigenvalue weighted by Crippen LogP contribution is 2.37. The van der Waals surface area contributed by atoms with E-state index in [2.05, 4.69) is 5.32 Å². The van der Waals surface area contributed by atoms with Crippen LogP contribution in [0.25, 0.3) is 0 Å². The third-order valence-corrected chi connectivity index (χ3v) is 3.89. The highest BCUT2D eigenvalue weighted by atomic mass is 19.4. The summed E-state index contributed by atoms with van der Waals surface area (Å²) in [5, 5.41) is 12.6. The molecule has 2 aromatic carbocycles. The monoisotopic (exact) mass is 352 g/mol. The van der Waals surface area contributed by atoms with E-state index in [0.717, 1.165) is 0 Å². The number of aromatic hydroxyl groups is 1. The summed E-state index contributed by atoms with van der Waals surface area (Å²) in [7, 11) is 1.33. The molecular formula is C17H15F3N2O3. The Morgan fingerprint density at radius 1 is 1.24 bits per heavy atom. The predicted molar refractivity (Wildman–Crippen MR) is 84.6 cm³/mol. The van der Waals surface area contributed by atoms with Crippen molar-refractivity contribution in [3.63, 3.8) is 0 Å². The highest BCUT2D eigenvalue weighted by Gasteiger charge is 2.40. The fourth-order valence-electron chi connectivity index (χ4n) is 2.78. The van der Waals surface area contributed by atoms with Gasteiger partial charge in [0.2, 0.25) is 0 Å². The Labute approximate surface area is 141 Å². The van der Waals surface area contributed by atoms with Gasteiger partial charge in [0.25, 0.3) is 5.91 Å². The molecule has 5 nitrogen and oxygen atoms in total. The summed E-state index contributed by atoms with van der Waals surface area (Å²) in [4.78, 5) is 13.3. The highest BCUT2D eigenvalue weighted by molar-refractivity contribution is 6.01. The number of nitrogens with zero attached hydrogens (tertiary/aromatic N) is 1. The number of fused-ring (bicyclic) bond motifs is 1. The number of phenolic OH excluding ortho intramolecular Hbond substituents is 1. The zero-order valence-electron chi connectivity index (χ0n) is 13.2. The van der Waals surface area contributed by atoms with Gasteiger partial charge in [-0.3, -0.25) is 4.79 Å². The van der Waals surface area contributed by atoms with Gasteiger partial charge in [-0.1, -0.05) is 18.2 Å². The maximum Gasteiger partial charge on any atom is 0.406 e. The number of carbonyl (C=O) groups excluding carboxylic acids is 1. The van der Waals surface area contributed by atoms with Crippen molar-refractivity contribution in [2.24, 2.45) is 0 Å². The average molecular weight is 352 g/mol. The van der Waals surface area contributed by atoms with Crippen molar-refractivity contribution in [2.45, 2.75) is 12.3 Å². The lowest BCUT2D eigenvalue weighted by Gasteiger charge is -2.38. The molecule has 0 spiro atoms. The van der Waals surface area contributed by atoms with E-state index in [1.807, 2.05) is 0 Å².